The average Bonchev–Trinajstić information content (AvgIpc) is 3.20. The van der Waals surface area contributed by atoms with Crippen molar-refractivity contribution in [3.05, 3.63) is 58.8 Å². The number of piperidine rings is 1. The van der Waals surface area contributed by atoms with Gasteiger partial charge in [-0.1, -0.05) is 35.9 Å². The highest BCUT2D eigenvalue weighted by atomic mass is 35.5. The summed E-state index contributed by atoms with van der Waals surface area (Å²) in [6.45, 7) is 8.44. The number of hydrogen-bond acceptors (Lipinski definition) is 4. The van der Waals surface area contributed by atoms with Gasteiger partial charge in [0.05, 0.1) is 11.6 Å². The maximum Gasteiger partial charge on any atom is 0.408 e. The fraction of sp³-hybridized carbons (Fsp3) is 0.444. The molecule has 1 N–H and O–H groups in total. The topological polar surface area (TPSA) is 54.7 Å². The number of likely N-dealkylation sites (tertiary alicyclic amines) is 1. The zero-order valence-corrected chi connectivity index (χ0v) is 21.2. The second-order valence-corrected chi connectivity index (χ2v) is 10.5. The molecule has 1 amide bonds. The molecule has 1 unspecified atom stereocenters. The standard InChI is InChI=1S/C27H31ClF2N2O3/c1-17(32-11-9-27(29,30)10-12-32)18-5-7-19(8-6-18)20-13-21-14-22(34-24(21)23(28)15-20)16-31-25(33)35-26(2,3)4/h5-8,13-15,17H,9-12,16H2,1-4H3,(H,31,33). The summed E-state index contributed by atoms with van der Waals surface area (Å²) in [6, 6.07) is 13.9. The SMILES string of the molecule is CC(c1ccc(-c2cc(Cl)c3oc(CNC(=O)OC(C)(C)C)cc3c2)cc1)N1CCC(F)(F)CC1. The zero-order chi connectivity index (χ0) is 25.4. The summed E-state index contributed by atoms with van der Waals surface area (Å²) in [6.07, 6.45) is -0.695. The number of nitrogens with one attached hydrogen (secondary N) is 1. The van der Waals surface area contributed by atoms with Crippen LogP contribution in [0.4, 0.5) is 13.6 Å². The second kappa shape index (κ2) is 9.78. The van der Waals surface area contributed by atoms with E-state index in [4.69, 9.17) is 20.8 Å². The van der Waals surface area contributed by atoms with Crippen molar-refractivity contribution in [2.45, 2.75) is 64.6 Å². The van der Waals surface area contributed by atoms with Crippen LogP contribution in [0.15, 0.2) is 46.9 Å². The molecule has 0 saturated carbocycles. The Morgan fingerprint density at radius 3 is 2.43 bits per heavy atom. The molecule has 1 aliphatic rings. The van der Waals surface area contributed by atoms with Crippen LogP contribution in [-0.4, -0.2) is 35.6 Å². The van der Waals surface area contributed by atoms with Crippen molar-refractivity contribution >= 4 is 28.7 Å². The average molecular weight is 505 g/mol. The van der Waals surface area contributed by atoms with Crippen molar-refractivity contribution < 1.29 is 22.7 Å². The van der Waals surface area contributed by atoms with Crippen LogP contribution in [0.5, 0.6) is 0 Å². The number of halogens is 3. The molecule has 1 saturated heterocycles. The van der Waals surface area contributed by atoms with Gasteiger partial charge in [0.2, 0.25) is 0 Å². The Labute approximate surface area is 209 Å². The number of alkyl carbamates (subject to hydrolysis) is 1. The van der Waals surface area contributed by atoms with E-state index in [0.29, 0.717) is 29.5 Å². The van der Waals surface area contributed by atoms with Gasteiger partial charge in [-0.3, -0.25) is 4.90 Å². The normalized spacial score (nSPS) is 17.3. The third kappa shape index (κ3) is 6.33. The first-order valence-electron chi connectivity index (χ1n) is 11.8. The molecule has 0 spiro atoms. The Hall–Kier alpha value is -2.64. The molecule has 1 aromatic heterocycles. The van der Waals surface area contributed by atoms with E-state index >= 15 is 0 Å². The second-order valence-electron chi connectivity index (χ2n) is 10.1. The number of alkyl halides is 2. The molecule has 5 nitrogen and oxygen atoms in total. The molecule has 2 heterocycles. The number of benzene rings is 2. The molecule has 0 bridgehead atoms. The fourth-order valence-electron chi connectivity index (χ4n) is 4.29. The quantitative estimate of drug-likeness (QED) is 0.389. The maximum absolute atomic E-state index is 13.5. The predicted octanol–water partition coefficient (Wildman–Crippen LogP) is 7.57. The molecule has 2 aromatic carbocycles. The third-order valence-corrected chi connectivity index (χ3v) is 6.51. The van der Waals surface area contributed by atoms with Gasteiger partial charge < -0.3 is 14.5 Å². The smallest absolute Gasteiger partial charge is 0.408 e. The summed E-state index contributed by atoms with van der Waals surface area (Å²) >= 11 is 6.51. The van der Waals surface area contributed by atoms with Crippen molar-refractivity contribution in [1.82, 2.24) is 10.2 Å². The molecule has 188 valence electrons. The van der Waals surface area contributed by atoms with E-state index in [0.717, 1.165) is 22.1 Å². The number of hydrogen-bond donors (Lipinski definition) is 1. The number of furan rings is 1. The lowest BCUT2D eigenvalue weighted by Gasteiger charge is -2.36. The molecule has 35 heavy (non-hydrogen) atoms. The highest BCUT2D eigenvalue weighted by molar-refractivity contribution is 6.35. The highest BCUT2D eigenvalue weighted by Crippen LogP contribution is 2.35. The lowest BCUT2D eigenvalue weighted by Crippen LogP contribution is -2.40. The van der Waals surface area contributed by atoms with Gasteiger partial charge in [-0.05, 0) is 62.6 Å². The molecule has 3 aromatic rings. The minimum atomic E-state index is -2.54. The van der Waals surface area contributed by atoms with Crippen LogP contribution in [0.3, 0.4) is 0 Å². The number of ether oxygens (including phenoxy) is 1. The van der Waals surface area contributed by atoms with Crippen molar-refractivity contribution in [2.75, 3.05) is 13.1 Å². The Balaban J connectivity index is 1.46. The first-order valence-corrected chi connectivity index (χ1v) is 12.2. The van der Waals surface area contributed by atoms with E-state index in [9.17, 15) is 13.6 Å². The van der Waals surface area contributed by atoms with E-state index in [1.54, 1.807) is 20.8 Å². The van der Waals surface area contributed by atoms with Gasteiger partial charge in [-0.25, -0.2) is 13.6 Å². The maximum atomic E-state index is 13.5. The molecule has 0 radical (unpaired) electrons. The van der Waals surface area contributed by atoms with Crippen LogP contribution in [0, 0.1) is 0 Å². The number of carbonyl (C=O) groups is 1. The first kappa shape index (κ1) is 25.5. The summed E-state index contributed by atoms with van der Waals surface area (Å²) in [5.41, 5.74) is 3.00. The van der Waals surface area contributed by atoms with Gasteiger partial charge in [0, 0.05) is 37.4 Å². The van der Waals surface area contributed by atoms with Crippen LogP contribution in [0.1, 0.15) is 57.9 Å². The van der Waals surface area contributed by atoms with E-state index in [2.05, 4.69) is 17.1 Å². The largest absolute Gasteiger partial charge is 0.458 e. The van der Waals surface area contributed by atoms with Gasteiger partial charge in [0.25, 0.3) is 5.92 Å². The van der Waals surface area contributed by atoms with Gasteiger partial charge in [-0.15, -0.1) is 0 Å². The Kier molecular flexibility index (Phi) is 7.11. The third-order valence-electron chi connectivity index (χ3n) is 6.23. The highest BCUT2D eigenvalue weighted by Gasteiger charge is 2.35. The number of fused-ring (bicyclic) bond motifs is 1. The summed E-state index contributed by atoms with van der Waals surface area (Å²) < 4.78 is 38.1. The van der Waals surface area contributed by atoms with Crippen molar-refractivity contribution in [1.29, 1.82) is 0 Å². The number of carbonyl (C=O) groups excluding carboxylic acids is 1. The number of amides is 1. The predicted molar refractivity (Wildman–Crippen MR) is 134 cm³/mol. The molecular formula is C27H31ClF2N2O3. The molecule has 1 aliphatic heterocycles. The number of rotatable bonds is 5. The van der Waals surface area contributed by atoms with Crippen LogP contribution in [0.25, 0.3) is 22.1 Å². The van der Waals surface area contributed by atoms with E-state index < -0.39 is 17.6 Å². The van der Waals surface area contributed by atoms with Crippen molar-refractivity contribution in [2.24, 2.45) is 0 Å². The molecule has 1 atom stereocenters. The first-order chi connectivity index (χ1) is 16.4. The summed E-state index contributed by atoms with van der Waals surface area (Å²) in [4.78, 5) is 14.0. The molecular weight excluding hydrogens is 474 g/mol. The lowest BCUT2D eigenvalue weighted by atomic mass is 9.98. The summed E-state index contributed by atoms with van der Waals surface area (Å²) in [7, 11) is 0. The minimum Gasteiger partial charge on any atom is -0.458 e. The number of nitrogens with zero attached hydrogens (tertiary/aromatic N) is 1. The van der Waals surface area contributed by atoms with Crippen LogP contribution in [0.2, 0.25) is 5.02 Å². The van der Waals surface area contributed by atoms with E-state index in [-0.39, 0.29) is 25.4 Å². The van der Waals surface area contributed by atoms with E-state index in [1.807, 2.05) is 42.5 Å². The molecule has 0 aliphatic carbocycles. The zero-order valence-electron chi connectivity index (χ0n) is 20.5. The van der Waals surface area contributed by atoms with Gasteiger partial charge in [0.15, 0.2) is 5.58 Å². The summed E-state index contributed by atoms with van der Waals surface area (Å²) in [5, 5.41) is 4.00. The Morgan fingerprint density at radius 1 is 1.14 bits per heavy atom. The van der Waals surface area contributed by atoms with Crippen molar-refractivity contribution in [3.8, 4) is 11.1 Å². The molecule has 8 heteroatoms. The summed E-state index contributed by atoms with van der Waals surface area (Å²) in [5.74, 6) is -1.97. The monoisotopic (exact) mass is 504 g/mol. The lowest BCUT2D eigenvalue weighted by molar-refractivity contribution is -0.0620. The molecule has 4 rings (SSSR count). The van der Waals surface area contributed by atoms with Gasteiger partial charge in [-0.2, -0.15) is 0 Å². The Morgan fingerprint density at radius 2 is 1.80 bits per heavy atom. The van der Waals surface area contributed by atoms with E-state index in [1.165, 1.54) is 0 Å². The van der Waals surface area contributed by atoms with Crippen LogP contribution < -0.4 is 5.32 Å². The van der Waals surface area contributed by atoms with Crippen molar-refractivity contribution in [3.63, 3.8) is 0 Å². The van der Waals surface area contributed by atoms with Gasteiger partial charge >= 0.3 is 6.09 Å². The fourth-order valence-corrected chi connectivity index (χ4v) is 4.56. The van der Waals surface area contributed by atoms with Crippen LogP contribution >= 0.6 is 11.6 Å². The molecule has 1 fully saturated rings. The van der Waals surface area contributed by atoms with Crippen LogP contribution in [-0.2, 0) is 11.3 Å². The van der Waals surface area contributed by atoms with Gasteiger partial charge in [0.1, 0.15) is 11.4 Å². The minimum absolute atomic E-state index is 0.0696. The Bertz CT molecular complexity index is 1190.